The predicted molar refractivity (Wildman–Crippen MR) is 84.2 cm³/mol. The summed E-state index contributed by atoms with van der Waals surface area (Å²) in [6, 6.07) is 15.7. The molecule has 1 N–H and O–H groups in total. The molecule has 0 amide bonds. The van der Waals surface area contributed by atoms with E-state index in [1.807, 2.05) is 35.2 Å². The van der Waals surface area contributed by atoms with E-state index in [1.54, 1.807) is 6.07 Å². The van der Waals surface area contributed by atoms with Crippen LogP contribution >= 0.6 is 11.6 Å². The van der Waals surface area contributed by atoms with Gasteiger partial charge in [-0.3, -0.25) is 4.79 Å². The zero-order chi connectivity index (χ0) is 14.8. The summed E-state index contributed by atoms with van der Waals surface area (Å²) in [6.07, 6.45) is 1.01. The van der Waals surface area contributed by atoms with E-state index in [0.29, 0.717) is 17.5 Å². The van der Waals surface area contributed by atoms with Crippen molar-refractivity contribution in [3.8, 4) is 0 Å². The number of benzene rings is 2. The van der Waals surface area contributed by atoms with E-state index in [1.165, 1.54) is 11.1 Å². The fourth-order valence-electron chi connectivity index (χ4n) is 2.89. The normalized spacial score (nSPS) is 16.0. The Balaban J connectivity index is 1.80. The van der Waals surface area contributed by atoms with Gasteiger partial charge in [-0.15, -0.1) is 0 Å². The smallest absolute Gasteiger partial charge is 0.323 e. The number of nitrogens with zero attached hydrogens (tertiary/aromatic N) is 1. The monoisotopic (exact) mass is 301 g/mol. The molecule has 108 valence electrons. The molecule has 1 unspecified atom stereocenters. The van der Waals surface area contributed by atoms with Crippen molar-refractivity contribution in [3.05, 3.63) is 64.7 Å². The second-order valence-electron chi connectivity index (χ2n) is 5.35. The van der Waals surface area contributed by atoms with E-state index in [9.17, 15) is 4.79 Å². The SMILES string of the molecule is O=C(O)CN(CC1Cc2ccccc21)c1cccc(Cl)c1. The molecule has 2 aromatic rings. The van der Waals surface area contributed by atoms with Crippen LogP contribution in [-0.4, -0.2) is 24.2 Å². The average Bonchev–Trinajstić information content (AvgIpc) is 2.43. The zero-order valence-corrected chi connectivity index (χ0v) is 12.3. The molecule has 0 spiro atoms. The molecular formula is C17H16ClNO2. The molecule has 21 heavy (non-hydrogen) atoms. The molecule has 0 radical (unpaired) electrons. The van der Waals surface area contributed by atoms with E-state index in [-0.39, 0.29) is 6.54 Å². The molecule has 1 aliphatic carbocycles. The van der Waals surface area contributed by atoms with Gasteiger partial charge in [0.25, 0.3) is 0 Å². The predicted octanol–water partition coefficient (Wildman–Crippen LogP) is 3.57. The van der Waals surface area contributed by atoms with Gasteiger partial charge in [-0.1, -0.05) is 41.9 Å². The first kappa shape index (κ1) is 14.0. The van der Waals surface area contributed by atoms with Crippen LogP contribution in [0.25, 0.3) is 0 Å². The maximum absolute atomic E-state index is 11.1. The fraction of sp³-hybridized carbons (Fsp3) is 0.235. The number of fused-ring (bicyclic) bond motifs is 1. The van der Waals surface area contributed by atoms with Crippen LogP contribution in [0.5, 0.6) is 0 Å². The molecule has 0 aliphatic heterocycles. The quantitative estimate of drug-likeness (QED) is 0.918. The topological polar surface area (TPSA) is 40.5 Å². The van der Waals surface area contributed by atoms with Crippen molar-refractivity contribution in [2.75, 3.05) is 18.0 Å². The highest BCUT2D eigenvalue weighted by Crippen LogP contribution is 2.36. The third-order valence-corrected chi connectivity index (χ3v) is 4.14. The van der Waals surface area contributed by atoms with Crippen molar-refractivity contribution in [1.82, 2.24) is 0 Å². The molecule has 2 aromatic carbocycles. The lowest BCUT2D eigenvalue weighted by Crippen LogP contribution is -2.36. The number of carbonyl (C=O) groups is 1. The Hall–Kier alpha value is -2.00. The van der Waals surface area contributed by atoms with Crippen LogP contribution in [0.4, 0.5) is 5.69 Å². The second kappa shape index (κ2) is 5.78. The molecule has 3 nitrogen and oxygen atoms in total. The first-order chi connectivity index (χ1) is 10.1. The summed E-state index contributed by atoms with van der Waals surface area (Å²) < 4.78 is 0. The Morgan fingerprint density at radius 3 is 2.76 bits per heavy atom. The minimum atomic E-state index is -0.831. The summed E-state index contributed by atoms with van der Waals surface area (Å²) in [4.78, 5) is 13.0. The van der Waals surface area contributed by atoms with Crippen molar-refractivity contribution in [2.45, 2.75) is 12.3 Å². The Morgan fingerprint density at radius 2 is 2.05 bits per heavy atom. The van der Waals surface area contributed by atoms with E-state index < -0.39 is 5.97 Å². The van der Waals surface area contributed by atoms with Crippen molar-refractivity contribution in [1.29, 1.82) is 0 Å². The molecule has 0 saturated heterocycles. The highest BCUT2D eigenvalue weighted by atomic mass is 35.5. The van der Waals surface area contributed by atoms with Crippen molar-refractivity contribution >= 4 is 23.3 Å². The number of halogens is 1. The molecule has 3 rings (SSSR count). The van der Waals surface area contributed by atoms with Crippen molar-refractivity contribution in [3.63, 3.8) is 0 Å². The number of anilines is 1. The first-order valence-electron chi connectivity index (χ1n) is 6.93. The maximum atomic E-state index is 11.1. The molecule has 0 aromatic heterocycles. The third kappa shape index (κ3) is 3.03. The highest BCUT2D eigenvalue weighted by Gasteiger charge is 2.28. The number of carboxylic acid groups (broad SMARTS) is 1. The van der Waals surface area contributed by atoms with Crippen LogP contribution < -0.4 is 4.90 Å². The first-order valence-corrected chi connectivity index (χ1v) is 7.31. The van der Waals surface area contributed by atoms with Gasteiger partial charge >= 0.3 is 5.97 Å². The molecule has 4 heteroatoms. The molecule has 0 bridgehead atoms. The Morgan fingerprint density at radius 1 is 1.24 bits per heavy atom. The molecule has 0 saturated carbocycles. The van der Waals surface area contributed by atoms with Gasteiger partial charge in [0.1, 0.15) is 6.54 Å². The number of rotatable bonds is 5. The molecule has 0 fully saturated rings. The Labute approximate surface area is 128 Å². The minimum Gasteiger partial charge on any atom is -0.480 e. The summed E-state index contributed by atoms with van der Waals surface area (Å²) in [5.41, 5.74) is 3.55. The van der Waals surface area contributed by atoms with Crippen LogP contribution in [0, 0.1) is 0 Å². The number of aliphatic carboxylic acids is 1. The maximum Gasteiger partial charge on any atom is 0.323 e. The van der Waals surface area contributed by atoms with Gasteiger partial charge in [-0.2, -0.15) is 0 Å². The lowest BCUT2D eigenvalue weighted by atomic mass is 9.77. The summed E-state index contributed by atoms with van der Waals surface area (Å²) in [7, 11) is 0. The molecule has 1 aliphatic rings. The van der Waals surface area contributed by atoms with Gasteiger partial charge in [0.05, 0.1) is 0 Å². The largest absolute Gasteiger partial charge is 0.480 e. The summed E-state index contributed by atoms with van der Waals surface area (Å²) >= 11 is 6.02. The van der Waals surface area contributed by atoms with Crippen LogP contribution in [0.3, 0.4) is 0 Å². The lowest BCUT2D eigenvalue weighted by Gasteiger charge is -2.35. The lowest BCUT2D eigenvalue weighted by molar-refractivity contribution is -0.135. The van der Waals surface area contributed by atoms with Crippen LogP contribution in [0.15, 0.2) is 48.5 Å². The fourth-order valence-corrected chi connectivity index (χ4v) is 3.07. The van der Waals surface area contributed by atoms with Crippen LogP contribution in [-0.2, 0) is 11.2 Å². The van der Waals surface area contributed by atoms with Gasteiger partial charge in [-0.25, -0.2) is 0 Å². The summed E-state index contributed by atoms with van der Waals surface area (Å²) in [6.45, 7) is 0.683. The summed E-state index contributed by atoms with van der Waals surface area (Å²) in [5.74, 6) is -0.442. The number of carboxylic acids is 1. The Bertz CT molecular complexity index is 671. The van der Waals surface area contributed by atoms with Crippen molar-refractivity contribution in [2.24, 2.45) is 0 Å². The van der Waals surface area contributed by atoms with Gasteiger partial charge in [-0.05, 0) is 35.7 Å². The summed E-state index contributed by atoms with van der Waals surface area (Å²) in [5, 5.41) is 9.76. The molecule has 0 heterocycles. The average molecular weight is 302 g/mol. The molecule has 1 atom stereocenters. The van der Waals surface area contributed by atoms with E-state index >= 15 is 0 Å². The second-order valence-corrected chi connectivity index (χ2v) is 5.79. The zero-order valence-electron chi connectivity index (χ0n) is 11.5. The third-order valence-electron chi connectivity index (χ3n) is 3.90. The Kier molecular flexibility index (Phi) is 3.84. The van der Waals surface area contributed by atoms with Crippen LogP contribution in [0.2, 0.25) is 5.02 Å². The van der Waals surface area contributed by atoms with Gasteiger partial charge in [0.2, 0.25) is 0 Å². The van der Waals surface area contributed by atoms with Crippen molar-refractivity contribution < 1.29 is 9.90 Å². The van der Waals surface area contributed by atoms with Gasteiger partial charge in [0.15, 0.2) is 0 Å². The van der Waals surface area contributed by atoms with E-state index in [4.69, 9.17) is 16.7 Å². The molecular weight excluding hydrogens is 286 g/mol. The van der Waals surface area contributed by atoms with Crippen LogP contribution in [0.1, 0.15) is 17.0 Å². The number of hydrogen-bond acceptors (Lipinski definition) is 2. The minimum absolute atomic E-state index is 0.0149. The standard InChI is InChI=1S/C17H16ClNO2/c18-14-5-3-6-15(9-14)19(11-17(20)21)10-13-8-12-4-1-2-7-16(12)13/h1-7,9,13H,8,10-11H2,(H,20,21). The van der Waals surface area contributed by atoms with Gasteiger partial charge in [0, 0.05) is 23.2 Å². The van der Waals surface area contributed by atoms with E-state index in [2.05, 4.69) is 12.1 Å². The highest BCUT2D eigenvalue weighted by molar-refractivity contribution is 6.30. The van der Waals surface area contributed by atoms with E-state index in [0.717, 1.165) is 12.1 Å². The van der Waals surface area contributed by atoms with Gasteiger partial charge < -0.3 is 10.0 Å². The number of hydrogen-bond donors (Lipinski definition) is 1.